The molecule has 3 aromatic carbocycles. The molecule has 150 valence electrons. The molecule has 0 radical (unpaired) electrons. The molecule has 5 nitrogen and oxygen atoms in total. The summed E-state index contributed by atoms with van der Waals surface area (Å²) in [6.07, 6.45) is -0.604. The molecular weight excluding hydrogens is 366 g/mol. The first kappa shape index (κ1) is 19.3. The lowest BCUT2D eigenvalue weighted by Gasteiger charge is -2.25. The SMILES string of the molecule is O[C@@H](COc1ccccc1)CN(Cc1ccccc1)Cc1ccc2c(c1)OCO2. The number of rotatable bonds is 9. The molecular formula is C24H25NO4. The molecule has 0 saturated heterocycles. The first-order chi connectivity index (χ1) is 14.3. The van der Waals surface area contributed by atoms with Gasteiger partial charge in [0.25, 0.3) is 0 Å². The largest absolute Gasteiger partial charge is 0.491 e. The average Bonchev–Trinajstić information content (AvgIpc) is 3.22. The van der Waals surface area contributed by atoms with E-state index in [1.807, 2.05) is 66.7 Å². The molecule has 0 aliphatic carbocycles. The van der Waals surface area contributed by atoms with Gasteiger partial charge in [-0.2, -0.15) is 0 Å². The van der Waals surface area contributed by atoms with E-state index in [-0.39, 0.29) is 13.4 Å². The van der Waals surface area contributed by atoms with Crippen LogP contribution < -0.4 is 14.2 Å². The molecule has 5 heteroatoms. The summed E-state index contributed by atoms with van der Waals surface area (Å²) in [7, 11) is 0. The molecule has 0 fully saturated rings. The van der Waals surface area contributed by atoms with Crippen LogP contribution in [-0.4, -0.2) is 36.1 Å². The number of hydrogen-bond donors (Lipinski definition) is 1. The second-order valence-electron chi connectivity index (χ2n) is 7.12. The zero-order valence-electron chi connectivity index (χ0n) is 16.2. The van der Waals surface area contributed by atoms with E-state index in [1.54, 1.807) is 0 Å². The number of benzene rings is 3. The summed E-state index contributed by atoms with van der Waals surface area (Å²) >= 11 is 0. The van der Waals surface area contributed by atoms with Gasteiger partial charge in [-0.1, -0.05) is 54.6 Å². The number of aliphatic hydroxyl groups excluding tert-OH is 1. The lowest BCUT2D eigenvalue weighted by Crippen LogP contribution is -2.35. The Morgan fingerprint density at radius 2 is 1.52 bits per heavy atom. The zero-order chi connectivity index (χ0) is 19.9. The van der Waals surface area contributed by atoms with Crippen LogP contribution in [0.5, 0.6) is 17.2 Å². The fourth-order valence-corrected chi connectivity index (χ4v) is 3.38. The average molecular weight is 391 g/mol. The maximum absolute atomic E-state index is 10.6. The summed E-state index contributed by atoms with van der Waals surface area (Å²) in [6, 6.07) is 25.8. The van der Waals surface area contributed by atoms with Crippen LogP contribution in [0.4, 0.5) is 0 Å². The fourth-order valence-electron chi connectivity index (χ4n) is 3.38. The minimum absolute atomic E-state index is 0.246. The minimum atomic E-state index is -0.604. The molecule has 0 aromatic heterocycles. The Balaban J connectivity index is 1.41. The van der Waals surface area contributed by atoms with E-state index in [4.69, 9.17) is 14.2 Å². The predicted molar refractivity (Wildman–Crippen MR) is 111 cm³/mol. The van der Waals surface area contributed by atoms with E-state index < -0.39 is 6.10 Å². The maximum atomic E-state index is 10.6. The normalized spacial score (nSPS) is 13.4. The molecule has 0 saturated carbocycles. The number of para-hydroxylation sites is 1. The standard InChI is InChI=1S/C24H25NO4/c26-21(17-27-22-9-5-2-6-10-22)16-25(14-19-7-3-1-4-8-19)15-20-11-12-23-24(13-20)29-18-28-23/h1-13,21,26H,14-18H2/t21-/m1/s1. The lowest BCUT2D eigenvalue weighted by atomic mass is 10.1. The van der Waals surface area contributed by atoms with Gasteiger partial charge in [0.1, 0.15) is 18.5 Å². The van der Waals surface area contributed by atoms with E-state index >= 15 is 0 Å². The first-order valence-electron chi connectivity index (χ1n) is 9.77. The third-order valence-electron chi connectivity index (χ3n) is 4.75. The van der Waals surface area contributed by atoms with Crippen LogP contribution in [0.1, 0.15) is 11.1 Å². The van der Waals surface area contributed by atoms with Gasteiger partial charge < -0.3 is 19.3 Å². The van der Waals surface area contributed by atoms with E-state index in [0.29, 0.717) is 13.1 Å². The van der Waals surface area contributed by atoms with Gasteiger partial charge in [0.05, 0.1) is 0 Å². The summed E-state index contributed by atoms with van der Waals surface area (Å²) < 4.78 is 16.6. The van der Waals surface area contributed by atoms with Crippen molar-refractivity contribution in [2.45, 2.75) is 19.2 Å². The van der Waals surface area contributed by atoms with Crippen LogP contribution in [0, 0.1) is 0 Å². The van der Waals surface area contributed by atoms with Crippen LogP contribution in [0.3, 0.4) is 0 Å². The van der Waals surface area contributed by atoms with Gasteiger partial charge >= 0.3 is 0 Å². The Bertz CT molecular complexity index is 901. The van der Waals surface area contributed by atoms with Crippen LogP contribution in [-0.2, 0) is 13.1 Å². The summed E-state index contributed by atoms with van der Waals surface area (Å²) in [5.74, 6) is 2.31. The van der Waals surface area contributed by atoms with E-state index in [2.05, 4.69) is 17.0 Å². The van der Waals surface area contributed by atoms with Crippen molar-refractivity contribution >= 4 is 0 Å². The van der Waals surface area contributed by atoms with Crippen LogP contribution in [0.15, 0.2) is 78.9 Å². The van der Waals surface area contributed by atoms with Gasteiger partial charge in [-0.3, -0.25) is 4.90 Å². The topological polar surface area (TPSA) is 51.2 Å². The predicted octanol–water partition coefficient (Wildman–Crippen LogP) is 3.86. The number of ether oxygens (including phenoxy) is 3. The Hall–Kier alpha value is -3.02. The monoisotopic (exact) mass is 391 g/mol. The molecule has 0 unspecified atom stereocenters. The second-order valence-corrected chi connectivity index (χ2v) is 7.12. The molecule has 1 heterocycles. The molecule has 1 atom stereocenters. The highest BCUT2D eigenvalue weighted by atomic mass is 16.7. The highest BCUT2D eigenvalue weighted by molar-refractivity contribution is 5.44. The van der Waals surface area contributed by atoms with Crippen molar-refractivity contribution in [1.29, 1.82) is 0 Å². The van der Waals surface area contributed by atoms with Crippen molar-refractivity contribution in [2.75, 3.05) is 19.9 Å². The van der Waals surface area contributed by atoms with Gasteiger partial charge in [-0.25, -0.2) is 0 Å². The Morgan fingerprint density at radius 1 is 0.828 bits per heavy atom. The number of nitrogens with zero attached hydrogens (tertiary/aromatic N) is 1. The van der Waals surface area contributed by atoms with Gasteiger partial charge in [0.2, 0.25) is 6.79 Å². The van der Waals surface area contributed by atoms with Crippen LogP contribution >= 0.6 is 0 Å². The highest BCUT2D eigenvalue weighted by Gasteiger charge is 2.17. The first-order valence-corrected chi connectivity index (χ1v) is 9.77. The number of aliphatic hydroxyl groups is 1. The summed E-state index contributed by atoms with van der Waals surface area (Å²) in [5.41, 5.74) is 2.31. The van der Waals surface area contributed by atoms with Crippen molar-refractivity contribution in [1.82, 2.24) is 4.90 Å². The third-order valence-corrected chi connectivity index (χ3v) is 4.75. The van der Waals surface area contributed by atoms with E-state index in [0.717, 1.165) is 29.4 Å². The van der Waals surface area contributed by atoms with Gasteiger partial charge in [0, 0.05) is 19.6 Å². The number of fused-ring (bicyclic) bond motifs is 1. The molecule has 4 rings (SSSR count). The Labute approximate surface area is 171 Å². The highest BCUT2D eigenvalue weighted by Crippen LogP contribution is 2.33. The van der Waals surface area contributed by atoms with Gasteiger partial charge in [-0.15, -0.1) is 0 Å². The summed E-state index contributed by atoms with van der Waals surface area (Å²) in [5, 5.41) is 10.6. The Morgan fingerprint density at radius 3 is 2.31 bits per heavy atom. The molecule has 1 aliphatic heterocycles. The smallest absolute Gasteiger partial charge is 0.231 e. The van der Waals surface area contributed by atoms with Crippen molar-refractivity contribution in [3.8, 4) is 17.2 Å². The molecule has 1 N–H and O–H groups in total. The molecule has 29 heavy (non-hydrogen) atoms. The Kier molecular flexibility index (Phi) is 6.29. The summed E-state index contributed by atoms with van der Waals surface area (Å²) in [4.78, 5) is 2.21. The molecule has 0 bridgehead atoms. The molecule has 0 spiro atoms. The molecule has 3 aromatic rings. The van der Waals surface area contributed by atoms with Crippen LogP contribution in [0.2, 0.25) is 0 Å². The van der Waals surface area contributed by atoms with Crippen molar-refractivity contribution in [3.63, 3.8) is 0 Å². The van der Waals surface area contributed by atoms with Crippen molar-refractivity contribution in [3.05, 3.63) is 90.0 Å². The number of hydrogen-bond acceptors (Lipinski definition) is 5. The fraction of sp³-hybridized carbons (Fsp3) is 0.250. The van der Waals surface area contributed by atoms with E-state index in [1.165, 1.54) is 5.56 Å². The third kappa shape index (κ3) is 5.50. The molecule has 0 amide bonds. The van der Waals surface area contributed by atoms with Gasteiger partial charge in [0.15, 0.2) is 11.5 Å². The molecule has 1 aliphatic rings. The summed E-state index contributed by atoms with van der Waals surface area (Å²) in [6.45, 7) is 2.43. The quantitative estimate of drug-likeness (QED) is 0.600. The van der Waals surface area contributed by atoms with Crippen LogP contribution in [0.25, 0.3) is 0 Å². The minimum Gasteiger partial charge on any atom is -0.491 e. The van der Waals surface area contributed by atoms with Gasteiger partial charge in [-0.05, 0) is 35.4 Å². The zero-order valence-corrected chi connectivity index (χ0v) is 16.2. The lowest BCUT2D eigenvalue weighted by molar-refractivity contribution is 0.0628. The van der Waals surface area contributed by atoms with E-state index in [9.17, 15) is 5.11 Å². The van der Waals surface area contributed by atoms with Crippen molar-refractivity contribution in [2.24, 2.45) is 0 Å². The maximum Gasteiger partial charge on any atom is 0.231 e. The second kappa shape index (κ2) is 9.45. The van der Waals surface area contributed by atoms with Crippen molar-refractivity contribution < 1.29 is 19.3 Å².